The van der Waals surface area contributed by atoms with Crippen molar-refractivity contribution in [3.05, 3.63) is 47.6 Å². The van der Waals surface area contributed by atoms with Gasteiger partial charge in [-0.1, -0.05) is 11.2 Å². The number of hydrogen-bond acceptors (Lipinski definition) is 5. The Hall–Kier alpha value is -2.21. The number of rotatable bonds is 6. The van der Waals surface area contributed by atoms with Gasteiger partial charge in [0.25, 0.3) is 5.91 Å². The van der Waals surface area contributed by atoms with Gasteiger partial charge in [-0.2, -0.15) is 0 Å². The van der Waals surface area contributed by atoms with Gasteiger partial charge in [-0.3, -0.25) is 9.78 Å². The van der Waals surface area contributed by atoms with E-state index in [1.807, 2.05) is 23.2 Å². The molecular weight excluding hydrogens is 318 g/mol. The zero-order valence-electron chi connectivity index (χ0n) is 14.4. The number of aromatic nitrogens is 2. The Labute approximate surface area is 147 Å². The molecule has 1 aliphatic carbocycles. The lowest BCUT2D eigenvalue weighted by Gasteiger charge is -2.28. The maximum atomic E-state index is 12.9. The second-order valence-electron chi connectivity index (χ2n) is 7.06. The van der Waals surface area contributed by atoms with Crippen LogP contribution in [0.1, 0.15) is 41.1 Å². The van der Waals surface area contributed by atoms with E-state index in [0.717, 1.165) is 25.0 Å². The summed E-state index contributed by atoms with van der Waals surface area (Å²) < 4.78 is 11.2. The van der Waals surface area contributed by atoms with Crippen LogP contribution in [0.3, 0.4) is 0 Å². The van der Waals surface area contributed by atoms with Crippen molar-refractivity contribution in [3.63, 3.8) is 0 Å². The maximum absolute atomic E-state index is 12.9. The summed E-state index contributed by atoms with van der Waals surface area (Å²) >= 11 is 0. The third kappa shape index (κ3) is 3.74. The van der Waals surface area contributed by atoms with E-state index in [1.165, 1.54) is 12.8 Å². The first-order valence-corrected chi connectivity index (χ1v) is 8.95. The number of pyridine rings is 1. The molecule has 0 aromatic carbocycles. The number of carbonyl (C=O) groups is 1. The molecule has 2 aromatic rings. The molecular formula is C19H23N3O3. The molecule has 6 nitrogen and oxygen atoms in total. The number of carbonyl (C=O) groups excluding carboxylic acids is 1. The van der Waals surface area contributed by atoms with E-state index in [4.69, 9.17) is 9.26 Å². The fourth-order valence-electron chi connectivity index (χ4n) is 3.43. The van der Waals surface area contributed by atoms with Gasteiger partial charge in [0, 0.05) is 31.6 Å². The minimum absolute atomic E-state index is 0.00690. The molecule has 2 atom stereocenters. The van der Waals surface area contributed by atoms with E-state index >= 15 is 0 Å². The number of nitrogens with zero attached hydrogens (tertiary/aromatic N) is 3. The average Bonchev–Trinajstić information content (AvgIpc) is 3.23. The summed E-state index contributed by atoms with van der Waals surface area (Å²) in [5.74, 6) is 1.28. The molecule has 1 aliphatic heterocycles. The molecule has 2 aromatic heterocycles. The Morgan fingerprint density at radius 2 is 2.28 bits per heavy atom. The standard InChI is InChI=1S/C19H23N3O3/c1-13-9-16(21-25-13)19(23)22-8-6-18(24-12-14-4-5-14)17(22)10-15-3-2-7-20-11-15/h2-3,7,9,11,14,17-18H,4-6,8,10,12H2,1H3/t17-,18-/m1/s1. The van der Waals surface area contributed by atoms with Crippen LogP contribution in [0.5, 0.6) is 0 Å². The molecule has 2 fully saturated rings. The molecule has 0 bridgehead atoms. The highest BCUT2D eigenvalue weighted by Gasteiger charge is 2.39. The van der Waals surface area contributed by atoms with Crippen LogP contribution < -0.4 is 0 Å². The molecule has 0 radical (unpaired) electrons. The van der Waals surface area contributed by atoms with E-state index in [2.05, 4.69) is 10.1 Å². The lowest BCUT2D eigenvalue weighted by Crippen LogP contribution is -2.42. The number of hydrogen-bond donors (Lipinski definition) is 0. The van der Waals surface area contributed by atoms with Gasteiger partial charge >= 0.3 is 0 Å². The monoisotopic (exact) mass is 341 g/mol. The molecule has 132 valence electrons. The highest BCUT2D eigenvalue weighted by molar-refractivity contribution is 5.92. The SMILES string of the molecule is Cc1cc(C(=O)N2CC[C@@H](OCC3CC3)[C@H]2Cc2cccnc2)no1. The fraction of sp³-hybridized carbons (Fsp3) is 0.526. The van der Waals surface area contributed by atoms with Crippen molar-refractivity contribution >= 4 is 5.91 Å². The van der Waals surface area contributed by atoms with Crippen LogP contribution in [-0.4, -0.2) is 46.2 Å². The minimum atomic E-state index is -0.0803. The molecule has 4 rings (SSSR count). The first-order chi connectivity index (χ1) is 12.2. The van der Waals surface area contributed by atoms with Crippen LogP contribution in [0.25, 0.3) is 0 Å². The number of amides is 1. The fourth-order valence-corrected chi connectivity index (χ4v) is 3.43. The Morgan fingerprint density at radius 1 is 1.40 bits per heavy atom. The lowest BCUT2D eigenvalue weighted by molar-refractivity contribution is 0.0197. The lowest BCUT2D eigenvalue weighted by atomic mass is 10.0. The predicted molar refractivity (Wildman–Crippen MR) is 91.1 cm³/mol. The summed E-state index contributed by atoms with van der Waals surface area (Å²) in [4.78, 5) is 19.0. The van der Waals surface area contributed by atoms with Gasteiger partial charge in [0.2, 0.25) is 0 Å². The summed E-state index contributed by atoms with van der Waals surface area (Å²) in [6.45, 7) is 3.28. The summed E-state index contributed by atoms with van der Waals surface area (Å²) in [6.07, 6.45) is 7.82. The molecule has 1 saturated heterocycles. The Kier molecular flexibility index (Phi) is 4.53. The van der Waals surface area contributed by atoms with Crippen LogP contribution in [0.15, 0.2) is 35.1 Å². The third-order valence-corrected chi connectivity index (χ3v) is 5.00. The number of aryl methyl sites for hydroxylation is 1. The predicted octanol–water partition coefficient (Wildman–Crippen LogP) is 2.63. The van der Waals surface area contributed by atoms with Crippen molar-refractivity contribution in [3.8, 4) is 0 Å². The summed E-state index contributed by atoms with van der Waals surface area (Å²) in [7, 11) is 0. The first kappa shape index (κ1) is 16.3. The molecule has 6 heteroatoms. The van der Waals surface area contributed by atoms with Gasteiger partial charge in [0.15, 0.2) is 5.69 Å². The summed E-state index contributed by atoms with van der Waals surface area (Å²) in [5, 5.41) is 3.89. The Balaban J connectivity index is 1.52. The number of likely N-dealkylation sites (tertiary alicyclic amines) is 1. The van der Waals surface area contributed by atoms with E-state index in [1.54, 1.807) is 19.2 Å². The van der Waals surface area contributed by atoms with Crippen LogP contribution in [0.4, 0.5) is 0 Å². The van der Waals surface area contributed by atoms with E-state index in [-0.39, 0.29) is 18.1 Å². The molecule has 25 heavy (non-hydrogen) atoms. The molecule has 0 spiro atoms. The molecule has 1 amide bonds. The second-order valence-corrected chi connectivity index (χ2v) is 7.06. The molecule has 1 saturated carbocycles. The van der Waals surface area contributed by atoms with Gasteiger partial charge in [-0.15, -0.1) is 0 Å². The zero-order chi connectivity index (χ0) is 17.2. The molecule has 2 aliphatic rings. The van der Waals surface area contributed by atoms with Crippen LogP contribution in [-0.2, 0) is 11.2 Å². The largest absolute Gasteiger partial charge is 0.376 e. The van der Waals surface area contributed by atoms with Gasteiger partial charge < -0.3 is 14.2 Å². The third-order valence-electron chi connectivity index (χ3n) is 5.00. The highest BCUT2D eigenvalue weighted by Crippen LogP contribution is 2.32. The van der Waals surface area contributed by atoms with Crippen molar-refractivity contribution in [1.82, 2.24) is 15.0 Å². The second kappa shape index (κ2) is 6.96. The van der Waals surface area contributed by atoms with E-state index < -0.39 is 0 Å². The minimum Gasteiger partial charge on any atom is -0.376 e. The quantitative estimate of drug-likeness (QED) is 0.808. The van der Waals surface area contributed by atoms with Crippen molar-refractivity contribution in [2.24, 2.45) is 5.92 Å². The van der Waals surface area contributed by atoms with Crippen molar-refractivity contribution < 1.29 is 14.1 Å². The van der Waals surface area contributed by atoms with Crippen molar-refractivity contribution in [1.29, 1.82) is 0 Å². The number of ether oxygens (including phenoxy) is 1. The van der Waals surface area contributed by atoms with Crippen molar-refractivity contribution in [2.75, 3.05) is 13.2 Å². The molecule has 0 N–H and O–H groups in total. The van der Waals surface area contributed by atoms with E-state index in [0.29, 0.717) is 23.9 Å². The maximum Gasteiger partial charge on any atom is 0.276 e. The topological polar surface area (TPSA) is 68.5 Å². The average molecular weight is 341 g/mol. The Morgan fingerprint density at radius 3 is 2.96 bits per heavy atom. The van der Waals surface area contributed by atoms with Gasteiger partial charge in [-0.05, 0) is 50.2 Å². The highest BCUT2D eigenvalue weighted by atomic mass is 16.5. The molecule has 0 unspecified atom stereocenters. The van der Waals surface area contributed by atoms with Crippen LogP contribution in [0.2, 0.25) is 0 Å². The summed E-state index contributed by atoms with van der Waals surface area (Å²) in [6, 6.07) is 5.68. The van der Waals surface area contributed by atoms with Gasteiger partial charge in [0.1, 0.15) is 5.76 Å². The first-order valence-electron chi connectivity index (χ1n) is 8.95. The van der Waals surface area contributed by atoms with Gasteiger partial charge in [0.05, 0.1) is 12.1 Å². The van der Waals surface area contributed by atoms with Crippen LogP contribution >= 0.6 is 0 Å². The summed E-state index contributed by atoms with van der Waals surface area (Å²) in [5.41, 5.74) is 1.49. The van der Waals surface area contributed by atoms with E-state index in [9.17, 15) is 4.79 Å². The van der Waals surface area contributed by atoms with Crippen molar-refractivity contribution in [2.45, 2.75) is 44.8 Å². The van der Waals surface area contributed by atoms with Gasteiger partial charge in [-0.25, -0.2) is 0 Å². The zero-order valence-corrected chi connectivity index (χ0v) is 14.4. The Bertz CT molecular complexity index is 727. The van der Waals surface area contributed by atoms with Crippen LogP contribution in [0, 0.1) is 12.8 Å². The normalized spacial score (nSPS) is 23.2. The smallest absolute Gasteiger partial charge is 0.276 e. The molecule has 3 heterocycles.